The predicted octanol–water partition coefficient (Wildman–Crippen LogP) is 4.61. The quantitative estimate of drug-likeness (QED) is 0.555. The largest absolute Gasteiger partial charge is 0.479 e. The van der Waals surface area contributed by atoms with Gasteiger partial charge in [-0.15, -0.1) is 0 Å². The molecule has 1 heterocycles. The fraction of sp³-hybridized carbons (Fsp3) is 0.273. The van der Waals surface area contributed by atoms with Crippen LogP contribution in [0.25, 0.3) is 11.0 Å². The second-order valence-electron chi connectivity index (χ2n) is 6.43. The maximum atomic E-state index is 12.7. The first-order chi connectivity index (χ1) is 13.5. The van der Waals surface area contributed by atoms with Crippen LogP contribution in [0.2, 0.25) is 0 Å². The van der Waals surface area contributed by atoms with Gasteiger partial charge in [0.1, 0.15) is 23.3 Å². The molecule has 0 unspecified atom stereocenters. The summed E-state index contributed by atoms with van der Waals surface area (Å²) in [6, 6.07) is 12.1. The van der Waals surface area contributed by atoms with Crippen molar-refractivity contribution in [3.8, 4) is 17.2 Å². The fourth-order valence-electron chi connectivity index (χ4n) is 2.54. The van der Waals surface area contributed by atoms with Crippen LogP contribution >= 0.6 is 0 Å². The normalized spacial score (nSPS) is 11.8. The molecule has 6 heteroatoms. The van der Waals surface area contributed by atoms with E-state index in [0.717, 1.165) is 12.0 Å². The van der Waals surface area contributed by atoms with Crippen LogP contribution in [0, 0.1) is 6.92 Å². The Kier molecular flexibility index (Phi) is 5.99. The van der Waals surface area contributed by atoms with Crippen molar-refractivity contribution in [3.05, 3.63) is 64.5 Å². The van der Waals surface area contributed by atoms with E-state index in [1.54, 1.807) is 37.3 Å². The first-order valence-corrected chi connectivity index (χ1v) is 9.11. The van der Waals surface area contributed by atoms with Crippen molar-refractivity contribution >= 4 is 16.9 Å². The second kappa shape index (κ2) is 8.61. The van der Waals surface area contributed by atoms with Crippen molar-refractivity contribution in [2.24, 2.45) is 0 Å². The molecule has 6 nitrogen and oxygen atoms in total. The lowest BCUT2D eigenvalue weighted by molar-refractivity contribution is -0.151. The second-order valence-corrected chi connectivity index (χ2v) is 6.43. The van der Waals surface area contributed by atoms with Crippen LogP contribution in [-0.4, -0.2) is 18.7 Å². The van der Waals surface area contributed by atoms with Gasteiger partial charge in [0, 0.05) is 6.07 Å². The van der Waals surface area contributed by atoms with E-state index in [9.17, 15) is 9.59 Å². The molecule has 0 aliphatic heterocycles. The number of carbonyl (C=O) groups is 1. The summed E-state index contributed by atoms with van der Waals surface area (Å²) in [5.41, 5.74) is 1.15. The van der Waals surface area contributed by atoms with Gasteiger partial charge >= 0.3 is 5.97 Å². The Morgan fingerprint density at radius 2 is 1.82 bits per heavy atom. The van der Waals surface area contributed by atoms with E-state index in [0.29, 0.717) is 29.1 Å². The van der Waals surface area contributed by atoms with Gasteiger partial charge in [-0.3, -0.25) is 4.79 Å². The lowest BCUT2D eigenvalue weighted by Crippen LogP contribution is -2.26. The molecule has 3 aromatic rings. The van der Waals surface area contributed by atoms with E-state index >= 15 is 0 Å². The van der Waals surface area contributed by atoms with Crippen molar-refractivity contribution < 1.29 is 23.4 Å². The number of hydrogen-bond acceptors (Lipinski definition) is 6. The summed E-state index contributed by atoms with van der Waals surface area (Å²) in [6.45, 7) is 5.85. The number of ether oxygens (including phenoxy) is 3. The summed E-state index contributed by atoms with van der Waals surface area (Å²) in [7, 11) is 0. The van der Waals surface area contributed by atoms with Gasteiger partial charge in [0.15, 0.2) is 6.10 Å². The average Bonchev–Trinajstić information content (AvgIpc) is 2.69. The number of fused-ring (bicyclic) bond motifs is 1. The molecule has 0 aliphatic carbocycles. The van der Waals surface area contributed by atoms with Crippen molar-refractivity contribution in [3.63, 3.8) is 0 Å². The molecule has 0 amide bonds. The molecular formula is C22H22O6. The Morgan fingerprint density at radius 1 is 1.11 bits per heavy atom. The number of esters is 1. The number of aryl methyl sites for hydroxylation is 1. The minimum Gasteiger partial charge on any atom is -0.479 e. The van der Waals surface area contributed by atoms with Crippen LogP contribution in [0.4, 0.5) is 0 Å². The summed E-state index contributed by atoms with van der Waals surface area (Å²) < 4.78 is 21.8. The lowest BCUT2D eigenvalue weighted by Gasteiger charge is -2.14. The molecule has 1 aromatic heterocycles. The zero-order chi connectivity index (χ0) is 20.1. The third-order valence-corrected chi connectivity index (χ3v) is 4.06. The standard InChI is InChI=1S/C22H22O6/c1-4-11-25-22(24)15(3)27-17-9-10-18-19(12-17)26-13-20(21(18)23)28-16-7-5-14(2)6-8-16/h5-10,12-13,15H,4,11H2,1-3H3/t15-/m1/s1. The van der Waals surface area contributed by atoms with Crippen molar-refractivity contribution in [2.75, 3.05) is 6.61 Å². The van der Waals surface area contributed by atoms with Gasteiger partial charge in [-0.05, 0) is 44.5 Å². The Balaban J connectivity index is 1.79. The van der Waals surface area contributed by atoms with Gasteiger partial charge in [-0.2, -0.15) is 0 Å². The molecule has 3 rings (SSSR count). The maximum Gasteiger partial charge on any atom is 0.347 e. The van der Waals surface area contributed by atoms with Crippen LogP contribution in [0.15, 0.2) is 57.9 Å². The van der Waals surface area contributed by atoms with Gasteiger partial charge < -0.3 is 18.6 Å². The van der Waals surface area contributed by atoms with Crippen LogP contribution in [0.3, 0.4) is 0 Å². The Bertz CT molecular complexity index is 1020. The zero-order valence-corrected chi connectivity index (χ0v) is 16.1. The van der Waals surface area contributed by atoms with Gasteiger partial charge in [-0.1, -0.05) is 24.6 Å². The number of rotatable bonds is 7. The van der Waals surface area contributed by atoms with Crippen molar-refractivity contribution in [1.29, 1.82) is 0 Å². The summed E-state index contributed by atoms with van der Waals surface area (Å²) in [6.07, 6.45) is 1.25. The highest BCUT2D eigenvalue weighted by Gasteiger charge is 2.17. The molecule has 0 bridgehead atoms. The van der Waals surface area contributed by atoms with Gasteiger partial charge in [0.05, 0.1) is 12.0 Å². The number of benzene rings is 2. The molecule has 2 aromatic carbocycles. The van der Waals surface area contributed by atoms with Gasteiger partial charge in [-0.25, -0.2) is 4.79 Å². The fourth-order valence-corrected chi connectivity index (χ4v) is 2.54. The lowest BCUT2D eigenvalue weighted by atomic mass is 10.2. The number of carbonyl (C=O) groups excluding carboxylic acids is 1. The van der Waals surface area contributed by atoms with Crippen LogP contribution in [-0.2, 0) is 9.53 Å². The third-order valence-electron chi connectivity index (χ3n) is 4.06. The average molecular weight is 382 g/mol. The topological polar surface area (TPSA) is 75.0 Å². The smallest absolute Gasteiger partial charge is 0.347 e. The monoisotopic (exact) mass is 382 g/mol. The van der Waals surface area contributed by atoms with Gasteiger partial charge in [0.25, 0.3) is 0 Å². The Hall–Kier alpha value is -3.28. The minimum absolute atomic E-state index is 0.0986. The molecule has 0 fully saturated rings. The molecular weight excluding hydrogens is 360 g/mol. The minimum atomic E-state index is -0.764. The van der Waals surface area contributed by atoms with E-state index in [4.69, 9.17) is 18.6 Å². The van der Waals surface area contributed by atoms with Gasteiger partial charge in [0.2, 0.25) is 11.2 Å². The van der Waals surface area contributed by atoms with Crippen LogP contribution < -0.4 is 14.9 Å². The van der Waals surface area contributed by atoms with Crippen molar-refractivity contribution in [2.45, 2.75) is 33.3 Å². The van der Waals surface area contributed by atoms with Crippen molar-refractivity contribution in [1.82, 2.24) is 0 Å². The van der Waals surface area contributed by atoms with E-state index in [-0.39, 0.29) is 11.2 Å². The maximum absolute atomic E-state index is 12.7. The summed E-state index contributed by atoms with van der Waals surface area (Å²) >= 11 is 0. The number of hydrogen-bond donors (Lipinski definition) is 0. The van der Waals surface area contributed by atoms with E-state index in [2.05, 4.69) is 0 Å². The van der Waals surface area contributed by atoms with E-state index in [1.807, 2.05) is 26.0 Å². The molecule has 0 spiro atoms. The summed E-state index contributed by atoms with van der Waals surface area (Å²) in [5, 5.41) is 0.359. The van der Waals surface area contributed by atoms with E-state index < -0.39 is 12.1 Å². The Labute approximate surface area is 162 Å². The Morgan fingerprint density at radius 3 is 2.54 bits per heavy atom. The summed E-state index contributed by atoms with van der Waals surface area (Å²) in [4.78, 5) is 24.5. The molecule has 28 heavy (non-hydrogen) atoms. The van der Waals surface area contributed by atoms with E-state index in [1.165, 1.54) is 6.26 Å². The molecule has 0 saturated carbocycles. The first kappa shape index (κ1) is 19.5. The SMILES string of the molecule is CCCOC(=O)[C@@H](C)Oc1ccc2c(=O)c(Oc3ccc(C)cc3)coc2c1. The highest BCUT2D eigenvalue weighted by Crippen LogP contribution is 2.24. The molecule has 1 atom stereocenters. The first-order valence-electron chi connectivity index (χ1n) is 9.11. The third kappa shape index (κ3) is 4.52. The molecule has 0 radical (unpaired) electrons. The molecule has 0 N–H and O–H groups in total. The highest BCUT2D eigenvalue weighted by atomic mass is 16.6. The predicted molar refractivity (Wildman–Crippen MR) is 105 cm³/mol. The summed E-state index contributed by atoms with van der Waals surface area (Å²) in [5.74, 6) is 0.618. The molecule has 0 aliphatic rings. The van der Waals surface area contributed by atoms with Crippen LogP contribution in [0.5, 0.6) is 17.2 Å². The van der Waals surface area contributed by atoms with Crippen LogP contribution in [0.1, 0.15) is 25.8 Å². The molecule has 0 saturated heterocycles. The zero-order valence-electron chi connectivity index (χ0n) is 16.1. The molecule has 146 valence electrons. The highest BCUT2D eigenvalue weighted by molar-refractivity contribution is 5.79.